The van der Waals surface area contributed by atoms with Gasteiger partial charge >= 0.3 is 0 Å². The number of aromatic nitrogens is 2. The molecular formula is C16H23N3O. The Morgan fingerprint density at radius 3 is 2.95 bits per heavy atom. The van der Waals surface area contributed by atoms with Gasteiger partial charge in [-0.15, -0.1) is 0 Å². The van der Waals surface area contributed by atoms with Crippen molar-refractivity contribution in [1.82, 2.24) is 14.9 Å². The van der Waals surface area contributed by atoms with Gasteiger partial charge in [-0.1, -0.05) is 6.92 Å². The largest absolute Gasteiger partial charge is 0.497 e. The Balaban J connectivity index is 2.16. The highest BCUT2D eigenvalue weighted by molar-refractivity contribution is 5.78. The number of rotatable bonds is 4. The average Bonchev–Trinajstić information content (AvgIpc) is 3.04. The Kier molecular flexibility index (Phi) is 3.42. The monoisotopic (exact) mass is 273 g/mol. The van der Waals surface area contributed by atoms with Gasteiger partial charge in [0.05, 0.1) is 23.7 Å². The zero-order valence-corrected chi connectivity index (χ0v) is 12.6. The van der Waals surface area contributed by atoms with Crippen molar-refractivity contribution >= 4 is 11.0 Å². The third-order valence-corrected chi connectivity index (χ3v) is 4.26. The Morgan fingerprint density at radius 2 is 2.30 bits per heavy atom. The molecule has 0 saturated carbocycles. The van der Waals surface area contributed by atoms with E-state index in [1.165, 1.54) is 17.8 Å². The number of benzene rings is 1. The van der Waals surface area contributed by atoms with E-state index in [9.17, 15) is 0 Å². The maximum Gasteiger partial charge on any atom is 0.129 e. The summed E-state index contributed by atoms with van der Waals surface area (Å²) in [6, 6.07) is 6.17. The van der Waals surface area contributed by atoms with Crippen molar-refractivity contribution in [3.05, 3.63) is 24.0 Å². The van der Waals surface area contributed by atoms with Crippen LogP contribution < -0.4 is 10.1 Å². The highest BCUT2D eigenvalue weighted by atomic mass is 16.5. The van der Waals surface area contributed by atoms with Crippen LogP contribution in [0.15, 0.2) is 18.2 Å². The first-order valence-corrected chi connectivity index (χ1v) is 7.48. The number of hydrogen-bond acceptors (Lipinski definition) is 3. The molecule has 1 N–H and O–H groups in total. The van der Waals surface area contributed by atoms with E-state index >= 15 is 0 Å². The van der Waals surface area contributed by atoms with Crippen molar-refractivity contribution in [2.45, 2.75) is 45.2 Å². The Labute approximate surface area is 120 Å². The van der Waals surface area contributed by atoms with E-state index in [0.717, 1.165) is 37.2 Å². The molecule has 3 rings (SSSR count). The van der Waals surface area contributed by atoms with Crippen LogP contribution in [-0.2, 0) is 12.1 Å². The molecule has 0 spiro atoms. The number of ether oxygens (including phenoxy) is 1. The molecule has 4 heteroatoms. The maximum atomic E-state index is 5.32. The second-order valence-corrected chi connectivity index (χ2v) is 5.80. The number of nitrogens with one attached hydrogen (secondary N) is 1. The van der Waals surface area contributed by atoms with Gasteiger partial charge in [-0.2, -0.15) is 0 Å². The lowest BCUT2D eigenvalue weighted by Gasteiger charge is -2.25. The fourth-order valence-corrected chi connectivity index (χ4v) is 3.19. The van der Waals surface area contributed by atoms with Crippen LogP contribution in [0.2, 0.25) is 0 Å². The van der Waals surface area contributed by atoms with Gasteiger partial charge in [-0.05, 0) is 44.9 Å². The minimum Gasteiger partial charge on any atom is -0.497 e. The normalized spacial score (nSPS) is 22.6. The fraction of sp³-hybridized carbons (Fsp3) is 0.562. The zero-order valence-electron chi connectivity index (χ0n) is 12.6. The molecule has 0 radical (unpaired) electrons. The first kappa shape index (κ1) is 13.4. The molecule has 108 valence electrons. The maximum absolute atomic E-state index is 5.32. The van der Waals surface area contributed by atoms with Gasteiger partial charge in [0.1, 0.15) is 11.6 Å². The molecule has 1 atom stereocenters. The summed E-state index contributed by atoms with van der Waals surface area (Å²) in [7, 11) is 1.70. The zero-order chi connectivity index (χ0) is 14.2. The Morgan fingerprint density at radius 1 is 1.45 bits per heavy atom. The predicted octanol–water partition coefficient (Wildman–Crippen LogP) is 3.05. The van der Waals surface area contributed by atoms with Crippen LogP contribution >= 0.6 is 0 Å². The quantitative estimate of drug-likeness (QED) is 0.930. The van der Waals surface area contributed by atoms with Crippen LogP contribution in [-0.4, -0.2) is 23.2 Å². The summed E-state index contributed by atoms with van der Waals surface area (Å²) >= 11 is 0. The molecule has 2 heterocycles. The van der Waals surface area contributed by atoms with E-state index in [-0.39, 0.29) is 5.54 Å². The van der Waals surface area contributed by atoms with Crippen molar-refractivity contribution in [2.75, 3.05) is 13.7 Å². The van der Waals surface area contributed by atoms with Gasteiger partial charge in [0.15, 0.2) is 0 Å². The number of imidazole rings is 1. The first-order valence-electron chi connectivity index (χ1n) is 7.48. The molecule has 20 heavy (non-hydrogen) atoms. The van der Waals surface area contributed by atoms with Crippen LogP contribution in [0, 0.1) is 0 Å². The SMILES string of the molecule is CCCn1c(C2(C)CCCN2)nc2cc(OC)ccc21. The molecule has 1 aliphatic heterocycles. The van der Waals surface area contributed by atoms with E-state index in [0.29, 0.717) is 0 Å². The third kappa shape index (κ3) is 2.08. The summed E-state index contributed by atoms with van der Waals surface area (Å²) in [6.45, 7) is 6.57. The van der Waals surface area contributed by atoms with Gasteiger partial charge in [-0.3, -0.25) is 0 Å². The van der Waals surface area contributed by atoms with E-state index in [2.05, 4.69) is 29.8 Å². The highest BCUT2D eigenvalue weighted by Crippen LogP contribution is 2.33. The summed E-state index contributed by atoms with van der Waals surface area (Å²) in [4.78, 5) is 4.91. The van der Waals surface area contributed by atoms with Crippen LogP contribution in [0.25, 0.3) is 11.0 Å². The lowest BCUT2D eigenvalue weighted by molar-refractivity contribution is 0.388. The molecule has 1 aliphatic rings. The lowest BCUT2D eigenvalue weighted by atomic mass is 9.99. The minimum absolute atomic E-state index is 0.00141. The molecule has 1 aromatic carbocycles. The number of nitrogens with zero attached hydrogens (tertiary/aromatic N) is 2. The molecule has 1 aromatic heterocycles. The molecule has 4 nitrogen and oxygen atoms in total. The van der Waals surface area contributed by atoms with Gasteiger partial charge in [-0.25, -0.2) is 4.98 Å². The minimum atomic E-state index is 0.00141. The van der Waals surface area contributed by atoms with Crippen LogP contribution in [0.5, 0.6) is 5.75 Å². The lowest BCUT2D eigenvalue weighted by Crippen LogP contribution is -2.36. The summed E-state index contributed by atoms with van der Waals surface area (Å²) in [5, 5.41) is 3.62. The molecule has 1 fully saturated rings. The van der Waals surface area contributed by atoms with Gasteiger partial charge in [0.2, 0.25) is 0 Å². The summed E-state index contributed by atoms with van der Waals surface area (Å²) in [6.07, 6.45) is 3.48. The fourth-order valence-electron chi connectivity index (χ4n) is 3.19. The summed E-state index contributed by atoms with van der Waals surface area (Å²) < 4.78 is 7.69. The number of aryl methyl sites for hydroxylation is 1. The molecule has 2 aromatic rings. The van der Waals surface area contributed by atoms with E-state index in [1.807, 2.05) is 12.1 Å². The number of hydrogen-bond donors (Lipinski definition) is 1. The van der Waals surface area contributed by atoms with Crippen LogP contribution in [0.4, 0.5) is 0 Å². The molecule has 0 bridgehead atoms. The standard InChI is InChI=1S/C16H23N3O/c1-4-10-19-14-7-6-12(20-3)11-13(14)18-15(19)16(2)8-5-9-17-16/h6-7,11,17H,4-5,8-10H2,1-3H3. The molecule has 0 amide bonds. The first-order chi connectivity index (χ1) is 9.68. The van der Waals surface area contributed by atoms with Crippen LogP contribution in [0.3, 0.4) is 0 Å². The molecule has 1 unspecified atom stereocenters. The van der Waals surface area contributed by atoms with Crippen molar-refractivity contribution in [3.63, 3.8) is 0 Å². The molecular weight excluding hydrogens is 250 g/mol. The summed E-state index contributed by atoms with van der Waals surface area (Å²) in [5.74, 6) is 2.04. The van der Waals surface area contributed by atoms with Crippen molar-refractivity contribution < 1.29 is 4.74 Å². The van der Waals surface area contributed by atoms with Crippen molar-refractivity contribution in [3.8, 4) is 5.75 Å². The third-order valence-electron chi connectivity index (χ3n) is 4.26. The van der Waals surface area contributed by atoms with Crippen LogP contribution in [0.1, 0.15) is 38.9 Å². The van der Waals surface area contributed by atoms with E-state index < -0.39 is 0 Å². The van der Waals surface area contributed by atoms with Gasteiger partial charge in [0.25, 0.3) is 0 Å². The smallest absolute Gasteiger partial charge is 0.129 e. The van der Waals surface area contributed by atoms with E-state index in [1.54, 1.807) is 7.11 Å². The molecule has 1 saturated heterocycles. The highest BCUT2D eigenvalue weighted by Gasteiger charge is 2.35. The Bertz CT molecular complexity index is 611. The van der Waals surface area contributed by atoms with Gasteiger partial charge in [0, 0.05) is 12.6 Å². The molecule has 0 aliphatic carbocycles. The average molecular weight is 273 g/mol. The summed E-state index contributed by atoms with van der Waals surface area (Å²) in [5.41, 5.74) is 2.24. The second-order valence-electron chi connectivity index (χ2n) is 5.80. The second kappa shape index (κ2) is 5.09. The van der Waals surface area contributed by atoms with Gasteiger partial charge < -0.3 is 14.6 Å². The Hall–Kier alpha value is -1.55. The van der Waals surface area contributed by atoms with Crippen molar-refractivity contribution in [2.24, 2.45) is 0 Å². The predicted molar refractivity (Wildman–Crippen MR) is 81.2 cm³/mol. The van der Waals surface area contributed by atoms with Crippen molar-refractivity contribution in [1.29, 1.82) is 0 Å². The topological polar surface area (TPSA) is 39.1 Å². The number of fused-ring (bicyclic) bond motifs is 1. The van der Waals surface area contributed by atoms with E-state index in [4.69, 9.17) is 9.72 Å². The number of methoxy groups -OCH3 is 1.